The van der Waals surface area contributed by atoms with Crippen LogP contribution in [-0.4, -0.2) is 20.0 Å². The van der Waals surface area contributed by atoms with Crippen LogP contribution in [0.25, 0.3) is 33.6 Å². The van der Waals surface area contributed by atoms with E-state index in [9.17, 15) is 20.1 Å². The van der Waals surface area contributed by atoms with Crippen molar-refractivity contribution in [1.82, 2.24) is 9.89 Å². The summed E-state index contributed by atoms with van der Waals surface area (Å²) < 4.78 is 5.86. The topological polar surface area (TPSA) is 111 Å². The Hall–Kier alpha value is -3.94. The van der Waals surface area contributed by atoms with Gasteiger partial charge in [0, 0.05) is 29.3 Å². The van der Waals surface area contributed by atoms with Crippen molar-refractivity contribution in [1.29, 1.82) is 0 Å². The molecule has 26 heavy (non-hydrogen) atoms. The highest BCUT2D eigenvalue weighted by Crippen LogP contribution is 2.29. The van der Waals surface area contributed by atoms with Gasteiger partial charge in [-0.3, -0.25) is 14.9 Å². The standard InChI is InChI=1S/C18H11N3O5/c22-15-10-14(12-7-4-8-13(9-12)21(24)25)20(23)18-16(15)17(19-26-18)11-5-2-1-3-6-11/h1-10,23H. The van der Waals surface area contributed by atoms with E-state index in [-0.39, 0.29) is 22.5 Å². The fourth-order valence-corrected chi connectivity index (χ4v) is 2.79. The Morgan fingerprint density at radius 2 is 1.77 bits per heavy atom. The smallest absolute Gasteiger partial charge is 0.276 e. The normalized spacial score (nSPS) is 10.9. The van der Waals surface area contributed by atoms with Crippen LogP contribution in [0.1, 0.15) is 0 Å². The molecule has 0 spiro atoms. The number of fused-ring (bicyclic) bond motifs is 1. The number of hydrogen-bond donors (Lipinski definition) is 1. The molecule has 0 radical (unpaired) electrons. The summed E-state index contributed by atoms with van der Waals surface area (Å²) in [5.74, 6) is 0. The Bertz CT molecular complexity index is 1190. The fraction of sp³-hybridized carbons (Fsp3) is 0. The number of benzene rings is 2. The van der Waals surface area contributed by atoms with E-state index in [1.165, 1.54) is 24.3 Å². The molecule has 0 aliphatic heterocycles. The Balaban J connectivity index is 1.95. The van der Waals surface area contributed by atoms with Gasteiger partial charge in [-0.25, -0.2) is 0 Å². The third-order valence-corrected chi connectivity index (χ3v) is 4.01. The SMILES string of the molecule is O=c1cc(-c2cccc([N+](=O)[O-])c2)n(O)c2onc(-c3ccccc3)c12. The molecule has 2 aromatic heterocycles. The molecule has 0 bridgehead atoms. The van der Waals surface area contributed by atoms with Crippen LogP contribution in [0.4, 0.5) is 5.69 Å². The molecular weight excluding hydrogens is 338 g/mol. The number of nitro benzene ring substituents is 1. The van der Waals surface area contributed by atoms with Crippen molar-refractivity contribution in [2.45, 2.75) is 0 Å². The molecule has 0 aliphatic carbocycles. The molecule has 0 aliphatic rings. The molecule has 0 amide bonds. The van der Waals surface area contributed by atoms with Crippen LogP contribution in [0.15, 0.2) is 70.0 Å². The summed E-state index contributed by atoms with van der Waals surface area (Å²) in [6.07, 6.45) is 0. The van der Waals surface area contributed by atoms with Crippen LogP contribution in [-0.2, 0) is 0 Å². The number of non-ortho nitro benzene ring substituents is 1. The van der Waals surface area contributed by atoms with E-state index in [1.807, 2.05) is 6.07 Å². The summed E-state index contributed by atoms with van der Waals surface area (Å²) in [6, 6.07) is 15.8. The number of nitrogens with zero attached hydrogens (tertiary/aromatic N) is 3. The zero-order valence-electron chi connectivity index (χ0n) is 13.2. The van der Waals surface area contributed by atoms with Gasteiger partial charge < -0.3 is 9.73 Å². The Labute approximate surface area is 145 Å². The lowest BCUT2D eigenvalue weighted by molar-refractivity contribution is -0.384. The van der Waals surface area contributed by atoms with E-state index in [4.69, 9.17) is 4.52 Å². The van der Waals surface area contributed by atoms with Crippen LogP contribution < -0.4 is 5.43 Å². The zero-order valence-corrected chi connectivity index (χ0v) is 13.2. The van der Waals surface area contributed by atoms with Crippen LogP contribution >= 0.6 is 0 Å². The van der Waals surface area contributed by atoms with Gasteiger partial charge in [-0.05, 0) is 0 Å². The highest BCUT2D eigenvalue weighted by Gasteiger charge is 2.20. The Morgan fingerprint density at radius 1 is 1.04 bits per heavy atom. The summed E-state index contributed by atoms with van der Waals surface area (Å²) >= 11 is 0. The van der Waals surface area contributed by atoms with Crippen molar-refractivity contribution in [2.24, 2.45) is 0 Å². The molecular formula is C18H11N3O5. The van der Waals surface area contributed by atoms with E-state index in [2.05, 4.69) is 5.16 Å². The lowest BCUT2D eigenvalue weighted by Gasteiger charge is -2.07. The van der Waals surface area contributed by atoms with Crippen molar-refractivity contribution in [3.8, 4) is 22.5 Å². The molecule has 1 N–H and O–H groups in total. The summed E-state index contributed by atoms with van der Waals surface area (Å²) in [6.45, 7) is 0. The lowest BCUT2D eigenvalue weighted by Crippen LogP contribution is -2.09. The first-order chi connectivity index (χ1) is 12.6. The molecule has 0 atom stereocenters. The molecule has 2 heterocycles. The summed E-state index contributed by atoms with van der Waals surface area (Å²) in [7, 11) is 0. The average Bonchev–Trinajstić information content (AvgIpc) is 3.11. The summed E-state index contributed by atoms with van der Waals surface area (Å²) in [5.41, 5.74) is 0.674. The average molecular weight is 349 g/mol. The van der Waals surface area contributed by atoms with Gasteiger partial charge in [-0.15, -0.1) is 4.73 Å². The van der Waals surface area contributed by atoms with Crippen LogP contribution in [0, 0.1) is 10.1 Å². The molecule has 4 aromatic rings. The molecule has 8 heteroatoms. The lowest BCUT2D eigenvalue weighted by atomic mass is 10.1. The summed E-state index contributed by atoms with van der Waals surface area (Å²) in [5, 5.41) is 25.5. The van der Waals surface area contributed by atoms with Gasteiger partial charge in [0.05, 0.1) is 10.6 Å². The molecule has 0 saturated carbocycles. The number of aromatic nitrogens is 2. The first-order valence-electron chi connectivity index (χ1n) is 7.61. The quantitative estimate of drug-likeness (QED) is 0.344. The molecule has 0 fully saturated rings. The van der Waals surface area contributed by atoms with Gasteiger partial charge in [-0.2, -0.15) is 0 Å². The molecule has 4 rings (SSSR count). The maximum Gasteiger partial charge on any atom is 0.276 e. The predicted octanol–water partition coefficient (Wildman–Crippen LogP) is 3.47. The fourth-order valence-electron chi connectivity index (χ4n) is 2.79. The van der Waals surface area contributed by atoms with Crippen LogP contribution in [0.3, 0.4) is 0 Å². The van der Waals surface area contributed by atoms with E-state index in [1.54, 1.807) is 30.3 Å². The highest BCUT2D eigenvalue weighted by atomic mass is 16.6. The Morgan fingerprint density at radius 3 is 2.50 bits per heavy atom. The molecule has 0 unspecified atom stereocenters. The van der Waals surface area contributed by atoms with Gasteiger partial charge in [0.15, 0.2) is 5.43 Å². The number of pyridine rings is 1. The third kappa shape index (κ3) is 2.40. The van der Waals surface area contributed by atoms with Gasteiger partial charge in [-0.1, -0.05) is 47.6 Å². The first-order valence-corrected chi connectivity index (χ1v) is 7.61. The van der Waals surface area contributed by atoms with E-state index in [0.717, 1.165) is 0 Å². The Kier molecular flexibility index (Phi) is 3.51. The van der Waals surface area contributed by atoms with Crippen LogP contribution in [0.5, 0.6) is 0 Å². The van der Waals surface area contributed by atoms with Crippen molar-refractivity contribution in [3.63, 3.8) is 0 Å². The second-order valence-corrected chi connectivity index (χ2v) is 5.59. The monoisotopic (exact) mass is 349 g/mol. The highest BCUT2D eigenvalue weighted by molar-refractivity contribution is 5.90. The zero-order chi connectivity index (χ0) is 18.3. The van der Waals surface area contributed by atoms with Crippen LogP contribution in [0.2, 0.25) is 0 Å². The van der Waals surface area contributed by atoms with Gasteiger partial charge in [0.25, 0.3) is 11.4 Å². The third-order valence-electron chi connectivity index (χ3n) is 4.01. The number of hydrogen-bond acceptors (Lipinski definition) is 6. The number of nitro groups is 1. The second-order valence-electron chi connectivity index (χ2n) is 5.59. The van der Waals surface area contributed by atoms with Crippen molar-refractivity contribution < 1.29 is 14.7 Å². The molecule has 8 nitrogen and oxygen atoms in total. The van der Waals surface area contributed by atoms with Gasteiger partial charge in [0.1, 0.15) is 11.1 Å². The molecule has 2 aromatic carbocycles. The number of rotatable bonds is 3. The van der Waals surface area contributed by atoms with Crippen molar-refractivity contribution >= 4 is 16.8 Å². The second kappa shape index (κ2) is 5.85. The predicted molar refractivity (Wildman–Crippen MR) is 93.0 cm³/mol. The summed E-state index contributed by atoms with van der Waals surface area (Å²) in [4.78, 5) is 23.0. The van der Waals surface area contributed by atoms with E-state index in [0.29, 0.717) is 21.6 Å². The maximum atomic E-state index is 12.6. The van der Waals surface area contributed by atoms with Gasteiger partial charge in [0.2, 0.25) is 0 Å². The minimum Gasteiger partial charge on any atom is -0.425 e. The molecule has 0 saturated heterocycles. The van der Waals surface area contributed by atoms with Crippen molar-refractivity contribution in [2.75, 3.05) is 0 Å². The maximum absolute atomic E-state index is 12.6. The largest absolute Gasteiger partial charge is 0.425 e. The van der Waals surface area contributed by atoms with E-state index >= 15 is 0 Å². The first kappa shape index (κ1) is 15.6. The molecule has 128 valence electrons. The minimum absolute atomic E-state index is 0.0713. The minimum atomic E-state index is -0.552. The van der Waals surface area contributed by atoms with Gasteiger partial charge >= 0.3 is 0 Å². The van der Waals surface area contributed by atoms with E-state index < -0.39 is 10.4 Å². The van der Waals surface area contributed by atoms with Crippen molar-refractivity contribution in [3.05, 3.63) is 81.0 Å².